The highest BCUT2D eigenvalue weighted by Gasteiger charge is 2.08. The molecule has 0 radical (unpaired) electrons. The SMILES string of the molecule is CC(O)CCN(C)Cc1ccc(C(N)=S)cc1F. The normalized spacial score (nSPS) is 12.7. The summed E-state index contributed by atoms with van der Waals surface area (Å²) in [4.78, 5) is 2.16. The van der Waals surface area contributed by atoms with Crippen molar-refractivity contribution in [3.63, 3.8) is 0 Å². The summed E-state index contributed by atoms with van der Waals surface area (Å²) in [7, 11) is 1.89. The highest BCUT2D eigenvalue weighted by molar-refractivity contribution is 7.80. The summed E-state index contributed by atoms with van der Waals surface area (Å²) < 4.78 is 13.8. The molecule has 18 heavy (non-hydrogen) atoms. The van der Waals surface area contributed by atoms with E-state index in [0.29, 0.717) is 30.6 Å². The van der Waals surface area contributed by atoms with Gasteiger partial charge in [-0.15, -0.1) is 0 Å². The summed E-state index contributed by atoms with van der Waals surface area (Å²) in [6, 6.07) is 4.78. The van der Waals surface area contributed by atoms with Crippen LogP contribution in [0.3, 0.4) is 0 Å². The van der Waals surface area contributed by atoms with Gasteiger partial charge >= 0.3 is 0 Å². The summed E-state index contributed by atoms with van der Waals surface area (Å²) in [5.74, 6) is -0.302. The van der Waals surface area contributed by atoms with Crippen LogP contribution in [0.1, 0.15) is 24.5 Å². The first kappa shape index (κ1) is 15.0. The Balaban J connectivity index is 2.64. The number of thiocarbonyl (C=S) groups is 1. The van der Waals surface area contributed by atoms with E-state index in [1.165, 1.54) is 6.07 Å². The van der Waals surface area contributed by atoms with Gasteiger partial charge in [0.2, 0.25) is 0 Å². The quantitative estimate of drug-likeness (QED) is 0.772. The van der Waals surface area contributed by atoms with Gasteiger partial charge in [0.1, 0.15) is 10.8 Å². The molecule has 0 spiro atoms. The Kier molecular flexibility index (Phi) is 5.65. The number of aliphatic hydroxyl groups excluding tert-OH is 1. The lowest BCUT2D eigenvalue weighted by molar-refractivity contribution is 0.162. The maximum absolute atomic E-state index is 13.8. The Hall–Kier alpha value is -1.04. The van der Waals surface area contributed by atoms with Gasteiger partial charge < -0.3 is 15.7 Å². The summed E-state index contributed by atoms with van der Waals surface area (Å²) in [6.45, 7) is 2.95. The molecule has 0 heterocycles. The van der Waals surface area contributed by atoms with Crippen molar-refractivity contribution in [1.29, 1.82) is 0 Å². The molecule has 5 heteroatoms. The number of hydrogen-bond donors (Lipinski definition) is 2. The monoisotopic (exact) mass is 270 g/mol. The number of hydrogen-bond acceptors (Lipinski definition) is 3. The zero-order valence-electron chi connectivity index (χ0n) is 10.7. The molecule has 0 saturated carbocycles. The van der Waals surface area contributed by atoms with Gasteiger partial charge in [-0.25, -0.2) is 4.39 Å². The maximum Gasteiger partial charge on any atom is 0.128 e. The Morgan fingerprint density at radius 3 is 2.72 bits per heavy atom. The van der Waals surface area contributed by atoms with Crippen molar-refractivity contribution in [2.45, 2.75) is 26.0 Å². The van der Waals surface area contributed by atoms with Gasteiger partial charge in [0, 0.05) is 24.2 Å². The Morgan fingerprint density at radius 2 is 2.22 bits per heavy atom. The van der Waals surface area contributed by atoms with Gasteiger partial charge in [-0.3, -0.25) is 0 Å². The zero-order chi connectivity index (χ0) is 13.7. The molecule has 1 rings (SSSR count). The second-order valence-corrected chi connectivity index (χ2v) is 4.99. The van der Waals surface area contributed by atoms with E-state index in [-0.39, 0.29) is 16.9 Å². The second kappa shape index (κ2) is 6.78. The van der Waals surface area contributed by atoms with Gasteiger partial charge in [0.25, 0.3) is 0 Å². The van der Waals surface area contributed by atoms with Crippen LogP contribution in [-0.2, 0) is 6.54 Å². The van der Waals surface area contributed by atoms with Crippen molar-refractivity contribution < 1.29 is 9.50 Å². The van der Waals surface area contributed by atoms with Gasteiger partial charge in [-0.1, -0.05) is 24.4 Å². The largest absolute Gasteiger partial charge is 0.393 e. The van der Waals surface area contributed by atoms with Crippen LogP contribution in [0.5, 0.6) is 0 Å². The molecular weight excluding hydrogens is 251 g/mol. The molecule has 1 aromatic rings. The minimum absolute atomic E-state index is 0.197. The van der Waals surface area contributed by atoms with Crippen LogP contribution >= 0.6 is 12.2 Å². The Bertz CT molecular complexity index is 423. The standard InChI is InChI=1S/C13H19FN2OS/c1-9(17)5-6-16(2)8-11-4-3-10(13(15)18)7-12(11)14/h3-4,7,9,17H,5-6,8H2,1-2H3,(H2,15,18). The zero-order valence-corrected chi connectivity index (χ0v) is 11.5. The van der Waals surface area contributed by atoms with E-state index in [1.807, 2.05) is 11.9 Å². The van der Waals surface area contributed by atoms with E-state index in [9.17, 15) is 9.50 Å². The first-order valence-electron chi connectivity index (χ1n) is 5.85. The molecule has 1 aromatic carbocycles. The molecule has 100 valence electrons. The number of nitrogens with zero attached hydrogens (tertiary/aromatic N) is 1. The average Bonchev–Trinajstić information content (AvgIpc) is 2.29. The van der Waals surface area contributed by atoms with Gasteiger partial charge in [0.05, 0.1) is 6.10 Å². The van der Waals surface area contributed by atoms with E-state index in [4.69, 9.17) is 18.0 Å². The molecular formula is C13H19FN2OS. The van der Waals surface area contributed by atoms with Crippen molar-refractivity contribution in [3.05, 3.63) is 35.1 Å². The second-order valence-electron chi connectivity index (χ2n) is 4.55. The molecule has 0 fully saturated rings. The third kappa shape index (κ3) is 4.68. The highest BCUT2D eigenvalue weighted by atomic mass is 32.1. The topological polar surface area (TPSA) is 49.5 Å². The molecule has 3 nitrogen and oxygen atoms in total. The van der Waals surface area contributed by atoms with E-state index in [1.54, 1.807) is 19.1 Å². The molecule has 1 atom stereocenters. The predicted octanol–water partition coefficient (Wildman–Crippen LogP) is 1.66. The number of aliphatic hydroxyl groups is 1. The van der Waals surface area contributed by atoms with Crippen LogP contribution in [0.15, 0.2) is 18.2 Å². The molecule has 0 bridgehead atoms. The number of rotatable bonds is 6. The number of benzene rings is 1. The molecule has 3 N–H and O–H groups in total. The molecule has 0 amide bonds. The first-order chi connectivity index (χ1) is 8.40. The Morgan fingerprint density at radius 1 is 1.56 bits per heavy atom. The van der Waals surface area contributed by atoms with Crippen LogP contribution in [0.2, 0.25) is 0 Å². The minimum atomic E-state index is -0.339. The molecule has 1 unspecified atom stereocenters. The fourth-order valence-electron chi connectivity index (χ4n) is 1.61. The van der Waals surface area contributed by atoms with Crippen molar-refractivity contribution in [3.8, 4) is 0 Å². The average molecular weight is 270 g/mol. The van der Waals surface area contributed by atoms with E-state index >= 15 is 0 Å². The number of nitrogens with two attached hydrogens (primary N) is 1. The molecule has 0 aliphatic heterocycles. The van der Waals surface area contributed by atoms with Crippen LogP contribution in [0, 0.1) is 5.82 Å². The van der Waals surface area contributed by atoms with Crippen LogP contribution in [0.25, 0.3) is 0 Å². The van der Waals surface area contributed by atoms with Crippen LogP contribution in [-0.4, -0.2) is 34.7 Å². The van der Waals surface area contributed by atoms with Crippen LogP contribution in [0.4, 0.5) is 4.39 Å². The summed E-state index contributed by atoms with van der Waals surface area (Å²) >= 11 is 4.80. The van der Waals surface area contributed by atoms with Gasteiger partial charge in [-0.05, 0) is 26.5 Å². The lowest BCUT2D eigenvalue weighted by atomic mass is 10.1. The number of halogens is 1. The smallest absolute Gasteiger partial charge is 0.128 e. The molecule has 0 aliphatic rings. The van der Waals surface area contributed by atoms with E-state index < -0.39 is 0 Å². The van der Waals surface area contributed by atoms with Crippen molar-refractivity contribution >= 4 is 17.2 Å². The molecule has 0 saturated heterocycles. The first-order valence-corrected chi connectivity index (χ1v) is 6.26. The van der Waals surface area contributed by atoms with Crippen molar-refractivity contribution in [2.24, 2.45) is 5.73 Å². The predicted molar refractivity (Wildman–Crippen MR) is 74.9 cm³/mol. The molecule has 0 aromatic heterocycles. The van der Waals surface area contributed by atoms with Crippen LogP contribution < -0.4 is 5.73 Å². The van der Waals surface area contributed by atoms with E-state index in [0.717, 1.165) is 0 Å². The Labute approximate surface area is 112 Å². The third-order valence-electron chi connectivity index (χ3n) is 2.71. The van der Waals surface area contributed by atoms with Gasteiger partial charge in [0.15, 0.2) is 0 Å². The minimum Gasteiger partial charge on any atom is -0.393 e. The van der Waals surface area contributed by atoms with Crippen molar-refractivity contribution in [1.82, 2.24) is 4.90 Å². The summed E-state index contributed by atoms with van der Waals surface area (Å²) in [6.07, 6.45) is 0.331. The molecule has 0 aliphatic carbocycles. The highest BCUT2D eigenvalue weighted by Crippen LogP contribution is 2.13. The fourth-order valence-corrected chi connectivity index (χ4v) is 1.73. The third-order valence-corrected chi connectivity index (χ3v) is 2.94. The lowest BCUT2D eigenvalue weighted by Gasteiger charge is -2.18. The van der Waals surface area contributed by atoms with E-state index in [2.05, 4.69) is 0 Å². The fraction of sp³-hybridized carbons (Fsp3) is 0.462. The lowest BCUT2D eigenvalue weighted by Crippen LogP contribution is -2.22. The van der Waals surface area contributed by atoms with Gasteiger partial charge in [-0.2, -0.15) is 0 Å². The summed E-state index contributed by atoms with van der Waals surface area (Å²) in [5.41, 5.74) is 6.58. The summed E-state index contributed by atoms with van der Waals surface area (Å²) in [5, 5.41) is 9.19. The van der Waals surface area contributed by atoms with Crippen molar-refractivity contribution in [2.75, 3.05) is 13.6 Å². The maximum atomic E-state index is 13.8.